The minimum absolute atomic E-state index is 0.0200. The zero-order valence-electron chi connectivity index (χ0n) is 14.3. The van der Waals surface area contributed by atoms with Gasteiger partial charge in [-0.25, -0.2) is 8.42 Å². The molecule has 132 valence electrons. The van der Waals surface area contributed by atoms with Crippen LogP contribution in [0.1, 0.15) is 18.4 Å². The maximum atomic E-state index is 12.6. The smallest absolute Gasteiger partial charge is 0.235 e. The number of hydrogen-bond acceptors (Lipinski definition) is 3. The number of sulfonamides is 1. The highest BCUT2D eigenvalue weighted by Crippen LogP contribution is 2.27. The number of rotatable bonds is 5. The van der Waals surface area contributed by atoms with Gasteiger partial charge in [0.15, 0.2) is 0 Å². The van der Waals surface area contributed by atoms with E-state index in [4.69, 9.17) is 0 Å². The lowest BCUT2D eigenvalue weighted by Crippen LogP contribution is -2.38. The van der Waals surface area contributed by atoms with Gasteiger partial charge >= 0.3 is 0 Å². The van der Waals surface area contributed by atoms with E-state index in [0.717, 1.165) is 24.1 Å². The second-order valence-electron chi connectivity index (χ2n) is 6.15. The molecule has 5 nitrogen and oxygen atoms in total. The molecule has 1 aliphatic rings. The zero-order valence-corrected chi connectivity index (χ0v) is 15.1. The number of carbonyl (C=O) groups is 1. The van der Waals surface area contributed by atoms with E-state index in [1.54, 1.807) is 29.2 Å². The second-order valence-corrected chi connectivity index (χ2v) is 8.27. The molecule has 0 unspecified atom stereocenters. The van der Waals surface area contributed by atoms with Crippen LogP contribution < -0.4 is 9.21 Å². The van der Waals surface area contributed by atoms with E-state index in [0.29, 0.717) is 12.2 Å². The van der Waals surface area contributed by atoms with Gasteiger partial charge in [0, 0.05) is 25.7 Å². The van der Waals surface area contributed by atoms with Crippen molar-refractivity contribution in [1.29, 1.82) is 0 Å². The maximum Gasteiger partial charge on any atom is 0.235 e. The van der Waals surface area contributed by atoms with Crippen molar-refractivity contribution in [2.24, 2.45) is 0 Å². The van der Waals surface area contributed by atoms with E-state index in [1.807, 2.05) is 30.3 Å². The van der Waals surface area contributed by atoms with E-state index >= 15 is 0 Å². The van der Waals surface area contributed by atoms with Gasteiger partial charge in [0.2, 0.25) is 15.9 Å². The molecule has 0 spiro atoms. The summed E-state index contributed by atoms with van der Waals surface area (Å²) in [6, 6.07) is 16.7. The Bertz CT molecular complexity index is 850. The minimum atomic E-state index is -3.54. The molecular weight excluding hydrogens is 336 g/mol. The predicted octanol–water partition coefficient (Wildman–Crippen LogP) is 2.82. The molecule has 2 aromatic carbocycles. The van der Waals surface area contributed by atoms with E-state index in [9.17, 15) is 13.2 Å². The van der Waals surface area contributed by atoms with E-state index in [-0.39, 0.29) is 18.1 Å². The number of anilines is 2. The van der Waals surface area contributed by atoms with Gasteiger partial charge < -0.3 is 4.90 Å². The normalized spacial score (nSPS) is 14.0. The van der Waals surface area contributed by atoms with Gasteiger partial charge in [-0.3, -0.25) is 9.10 Å². The summed E-state index contributed by atoms with van der Waals surface area (Å²) in [5.74, 6) is -0.340. The third-order valence-corrected chi connectivity index (χ3v) is 6.29. The summed E-state index contributed by atoms with van der Waals surface area (Å²) in [6.45, 7) is 0.643. The number of para-hydroxylation sites is 2. The fourth-order valence-electron chi connectivity index (χ4n) is 3.08. The molecule has 0 saturated carbocycles. The molecule has 0 saturated heterocycles. The summed E-state index contributed by atoms with van der Waals surface area (Å²) < 4.78 is 26.3. The first-order valence-corrected chi connectivity index (χ1v) is 10.00. The summed E-state index contributed by atoms with van der Waals surface area (Å²) in [4.78, 5) is 14.3. The number of fused-ring (bicyclic) bond motifs is 1. The monoisotopic (exact) mass is 358 g/mol. The fourth-order valence-corrected chi connectivity index (χ4v) is 4.23. The van der Waals surface area contributed by atoms with E-state index in [2.05, 4.69) is 0 Å². The van der Waals surface area contributed by atoms with Crippen molar-refractivity contribution >= 4 is 27.3 Å². The van der Waals surface area contributed by atoms with Crippen LogP contribution in [0.4, 0.5) is 11.4 Å². The molecule has 1 heterocycles. The lowest BCUT2D eigenvalue weighted by molar-refractivity contribution is -0.118. The van der Waals surface area contributed by atoms with E-state index in [1.165, 1.54) is 11.4 Å². The van der Waals surface area contributed by atoms with Crippen LogP contribution in [0.25, 0.3) is 0 Å². The SMILES string of the molecule is CN(c1ccccc1)S(=O)(=O)CCC(=O)N1CCCc2ccccc21. The van der Waals surface area contributed by atoms with E-state index < -0.39 is 10.0 Å². The summed E-state index contributed by atoms with van der Waals surface area (Å²) in [6.07, 6.45) is 1.84. The van der Waals surface area contributed by atoms with Crippen molar-refractivity contribution in [1.82, 2.24) is 0 Å². The van der Waals surface area contributed by atoms with Crippen molar-refractivity contribution in [3.05, 3.63) is 60.2 Å². The molecule has 0 radical (unpaired) electrons. The average molecular weight is 358 g/mol. The molecule has 25 heavy (non-hydrogen) atoms. The van der Waals surface area contributed by atoms with Crippen molar-refractivity contribution in [3.8, 4) is 0 Å². The number of benzene rings is 2. The van der Waals surface area contributed by atoms with Gasteiger partial charge in [0.1, 0.15) is 0 Å². The summed E-state index contributed by atoms with van der Waals surface area (Å²) in [5.41, 5.74) is 2.65. The predicted molar refractivity (Wildman–Crippen MR) is 100 cm³/mol. The Morgan fingerprint density at radius 1 is 1.08 bits per heavy atom. The topological polar surface area (TPSA) is 57.7 Å². The van der Waals surface area contributed by atoms with Gasteiger partial charge in [-0.15, -0.1) is 0 Å². The van der Waals surface area contributed by atoms with Gasteiger partial charge in [-0.1, -0.05) is 36.4 Å². The van der Waals surface area contributed by atoms with Crippen LogP contribution in [0.5, 0.6) is 0 Å². The zero-order chi connectivity index (χ0) is 17.9. The minimum Gasteiger partial charge on any atom is -0.312 e. The Labute approximate surface area is 148 Å². The van der Waals surface area contributed by atoms with Crippen molar-refractivity contribution < 1.29 is 13.2 Å². The molecule has 0 N–H and O–H groups in total. The standard InChI is InChI=1S/C19H22N2O3S/c1-20(17-10-3-2-4-11-17)25(23,24)15-13-19(22)21-14-7-9-16-8-5-6-12-18(16)21/h2-6,8,10-12H,7,9,13-15H2,1H3. The molecular formula is C19H22N2O3S. The quantitative estimate of drug-likeness (QED) is 0.826. The molecule has 1 amide bonds. The van der Waals surface area contributed by atoms with Crippen LogP contribution in [0.3, 0.4) is 0 Å². The Balaban J connectivity index is 1.68. The molecule has 1 aliphatic heterocycles. The Hall–Kier alpha value is -2.34. The molecule has 0 aromatic heterocycles. The molecule has 0 atom stereocenters. The maximum absolute atomic E-state index is 12.6. The highest BCUT2D eigenvalue weighted by Gasteiger charge is 2.25. The highest BCUT2D eigenvalue weighted by atomic mass is 32.2. The number of amides is 1. The van der Waals surface area contributed by atoms with Crippen LogP contribution in [-0.4, -0.2) is 33.7 Å². The number of nitrogens with zero attached hydrogens (tertiary/aromatic N) is 2. The average Bonchev–Trinajstić information content (AvgIpc) is 2.65. The van der Waals surface area contributed by atoms with Gasteiger partial charge in [-0.2, -0.15) is 0 Å². The lowest BCUT2D eigenvalue weighted by atomic mass is 10.0. The Morgan fingerprint density at radius 2 is 1.76 bits per heavy atom. The molecule has 6 heteroatoms. The van der Waals surface area contributed by atoms with Crippen molar-refractivity contribution in [3.63, 3.8) is 0 Å². The fraction of sp³-hybridized carbons (Fsp3) is 0.316. The number of hydrogen-bond donors (Lipinski definition) is 0. The van der Waals surface area contributed by atoms with Crippen LogP contribution in [0.2, 0.25) is 0 Å². The van der Waals surface area contributed by atoms with Gasteiger partial charge in [0.05, 0.1) is 11.4 Å². The summed E-state index contributed by atoms with van der Waals surface area (Å²) in [7, 11) is -2.02. The molecule has 0 bridgehead atoms. The molecule has 2 aromatic rings. The molecule has 3 rings (SSSR count). The molecule has 0 aliphatic carbocycles. The largest absolute Gasteiger partial charge is 0.312 e. The third kappa shape index (κ3) is 3.85. The van der Waals surface area contributed by atoms with Crippen molar-refractivity contribution in [2.45, 2.75) is 19.3 Å². The third-order valence-electron chi connectivity index (χ3n) is 4.52. The lowest BCUT2D eigenvalue weighted by Gasteiger charge is -2.29. The molecule has 0 fully saturated rings. The first kappa shape index (κ1) is 17.5. The number of aryl methyl sites for hydroxylation is 1. The Kier molecular flexibility index (Phi) is 5.08. The van der Waals surface area contributed by atoms with Crippen LogP contribution >= 0.6 is 0 Å². The Morgan fingerprint density at radius 3 is 2.52 bits per heavy atom. The van der Waals surface area contributed by atoms with Gasteiger partial charge in [-0.05, 0) is 36.6 Å². The number of carbonyl (C=O) groups excluding carboxylic acids is 1. The summed E-state index contributed by atoms with van der Waals surface area (Å²) >= 11 is 0. The van der Waals surface area contributed by atoms with Crippen LogP contribution in [-0.2, 0) is 21.2 Å². The first-order valence-electron chi connectivity index (χ1n) is 8.39. The summed E-state index contributed by atoms with van der Waals surface area (Å²) in [5, 5.41) is 0. The highest BCUT2D eigenvalue weighted by molar-refractivity contribution is 7.92. The van der Waals surface area contributed by atoms with Gasteiger partial charge in [0.25, 0.3) is 0 Å². The second kappa shape index (κ2) is 7.27. The van der Waals surface area contributed by atoms with Crippen LogP contribution in [0, 0.1) is 0 Å². The van der Waals surface area contributed by atoms with Crippen LogP contribution in [0.15, 0.2) is 54.6 Å². The first-order chi connectivity index (χ1) is 12.0. The van der Waals surface area contributed by atoms with Crippen molar-refractivity contribution in [2.75, 3.05) is 28.6 Å².